The topological polar surface area (TPSA) is 76.1 Å². The number of hydrogen-bond acceptors (Lipinski definition) is 5. The average molecular weight is 438 g/mol. The second-order valence-electron chi connectivity index (χ2n) is 8.35. The van der Waals surface area contributed by atoms with Crippen LogP contribution in [-0.4, -0.2) is 42.0 Å². The number of aliphatic hydroxyl groups is 1. The van der Waals surface area contributed by atoms with Crippen LogP contribution < -0.4 is 9.47 Å². The SMILES string of the molecule is CCCCN1C(=O)C(=O)/C(=C(\O)c2cccc(OCC(C)C)c2)C1c1ccc(OC)cc1. The maximum absolute atomic E-state index is 13.0. The Kier molecular flexibility index (Phi) is 7.57. The van der Waals surface area contributed by atoms with Crippen LogP contribution in [0.4, 0.5) is 0 Å². The zero-order valence-corrected chi connectivity index (χ0v) is 19.1. The molecule has 1 heterocycles. The molecule has 1 fully saturated rings. The van der Waals surface area contributed by atoms with Gasteiger partial charge < -0.3 is 19.5 Å². The largest absolute Gasteiger partial charge is 0.507 e. The molecule has 1 aliphatic heterocycles. The van der Waals surface area contributed by atoms with Crippen molar-refractivity contribution in [1.82, 2.24) is 4.90 Å². The molecule has 32 heavy (non-hydrogen) atoms. The summed E-state index contributed by atoms with van der Waals surface area (Å²) in [6.45, 7) is 7.11. The number of carbonyl (C=O) groups excluding carboxylic acids is 2. The number of methoxy groups -OCH3 is 1. The number of carbonyl (C=O) groups is 2. The number of rotatable bonds is 9. The van der Waals surface area contributed by atoms with E-state index in [9.17, 15) is 14.7 Å². The molecule has 0 spiro atoms. The monoisotopic (exact) mass is 437 g/mol. The number of unbranched alkanes of at least 4 members (excludes halogenated alkanes) is 1. The van der Waals surface area contributed by atoms with Gasteiger partial charge in [-0.15, -0.1) is 0 Å². The second kappa shape index (κ2) is 10.4. The van der Waals surface area contributed by atoms with Crippen molar-refractivity contribution in [2.24, 2.45) is 5.92 Å². The van der Waals surface area contributed by atoms with Crippen LogP contribution in [0, 0.1) is 5.92 Å². The van der Waals surface area contributed by atoms with Gasteiger partial charge in [0.25, 0.3) is 11.7 Å². The number of ketones is 1. The summed E-state index contributed by atoms with van der Waals surface area (Å²) in [5.74, 6) is 0.170. The van der Waals surface area contributed by atoms with Gasteiger partial charge in [-0.3, -0.25) is 9.59 Å². The predicted molar refractivity (Wildman–Crippen MR) is 124 cm³/mol. The van der Waals surface area contributed by atoms with E-state index in [4.69, 9.17) is 9.47 Å². The molecule has 0 saturated carbocycles. The van der Waals surface area contributed by atoms with Gasteiger partial charge in [-0.1, -0.05) is 51.5 Å². The fourth-order valence-corrected chi connectivity index (χ4v) is 3.72. The molecule has 6 heteroatoms. The van der Waals surface area contributed by atoms with Crippen LogP contribution in [-0.2, 0) is 9.59 Å². The number of hydrogen-bond donors (Lipinski definition) is 1. The fourth-order valence-electron chi connectivity index (χ4n) is 3.72. The van der Waals surface area contributed by atoms with Crippen molar-refractivity contribution in [2.75, 3.05) is 20.3 Å². The van der Waals surface area contributed by atoms with Crippen LogP contribution in [0.1, 0.15) is 50.8 Å². The van der Waals surface area contributed by atoms with Gasteiger partial charge in [0.1, 0.15) is 17.3 Å². The second-order valence-corrected chi connectivity index (χ2v) is 8.35. The van der Waals surface area contributed by atoms with E-state index < -0.39 is 17.7 Å². The van der Waals surface area contributed by atoms with Gasteiger partial charge >= 0.3 is 0 Å². The van der Waals surface area contributed by atoms with Gasteiger partial charge in [-0.05, 0) is 42.2 Å². The molecule has 170 valence electrons. The molecule has 0 radical (unpaired) electrons. The predicted octanol–water partition coefficient (Wildman–Crippen LogP) is 4.95. The number of ether oxygens (including phenoxy) is 2. The summed E-state index contributed by atoms with van der Waals surface area (Å²) < 4.78 is 11.0. The zero-order valence-electron chi connectivity index (χ0n) is 19.1. The van der Waals surface area contributed by atoms with Crippen molar-refractivity contribution in [1.29, 1.82) is 0 Å². The number of nitrogens with zero attached hydrogens (tertiary/aromatic N) is 1. The molecular formula is C26H31NO5. The Hall–Kier alpha value is -3.28. The van der Waals surface area contributed by atoms with Crippen molar-refractivity contribution in [3.63, 3.8) is 0 Å². The Labute approximate surface area is 189 Å². The van der Waals surface area contributed by atoms with Gasteiger partial charge in [0.2, 0.25) is 0 Å². The van der Waals surface area contributed by atoms with E-state index in [1.165, 1.54) is 0 Å². The van der Waals surface area contributed by atoms with Crippen molar-refractivity contribution in [3.8, 4) is 11.5 Å². The quantitative estimate of drug-likeness (QED) is 0.341. The highest BCUT2D eigenvalue weighted by Crippen LogP contribution is 2.40. The smallest absolute Gasteiger partial charge is 0.295 e. The van der Waals surface area contributed by atoms with E-state index >= 15 is 0 Å². The number of aliphatic hydroxyl groups excluding tert-OH is 1. The Morgan fingerprint density at radius 3 is 2.44 bits per heavy atom. The third-order valence-corrected chi connectivity index (χ3v) is 5.41. The highest BCUT2D eigenvalue weighted by Gasteiger charge is 2.45. The molecule has 1 N–H and O–H groups in total. The van der Waals surface area contributed by atoms with E-state index in [-0.39, 0.29) is 11.3 Å². The molecule has 0 aliphatic carbocycles. The molecule has 1 amide bonds. The van der Waals surface area contributed by atoms with E-state index in [0.717, 1.165) is 18.4 Å². The Bertz CT molecular complexity index is 994. The summed E-state index contributed by atoms with van der Waals surface area (Å²) in [7, 11) is 1.58. The van der Waals surface area contributed by atoms with Gasteiger partial charge in [-0.2, -0.15) is 0 Å². The first kappa shape index (κ1) is 23.4. The normalized spacial score (nSPS) is 17.8. The minimum Gasteiger partial charge on any atom is -0.507 e. The minimum absolute atomic E-state index is 0.0947. The Morgan fingerprint density at radius 1 is 1.09 bits per heavy atom. The lowest BCUT2D eigenvalue weighted by atomic mass is 9.95. The maximum Gasteiger partial charge on any atom is 0.295 e. The number of likely N-dealkylation sites (tertiary alicyclic amines) is 1. The summed E-state index contributed by atoms with van der Waals surface area (Å²) in [5, 5.41) is 11.2. The number of benzene rings is 2. The average Bonchev–Trinajstić information content (AvgIpc) is 3.06. The van der Waals surface area contributed by atoms with Crippen molar-refractivity contribution in [3.05, 3.63) is 65.2 Å². The van der Waals surface area contributed by atoms with E-state index in [0.29, 0.717) is 36.1 Å². The van der Waals surface area contributed by atoms with E-state index in [1.807, 2.05) is 19.1 Å². The summed E-state index contributed by atoms with van der Waals surface area (Å²) in [5.41, 5.74) is 1.28. The lowest BCUT2D eigenvalue weighted by Gasteiger charge is -2.25. The van der Waals surface area contributed by atoms with Gasteiger partial charge in [0, 0.05) is 12.1 Å². The highest BCUT2D eigenvalue weighted by atomic mass is 16.5. The fraction of sp³-hybridized carbons (Fsp3) is 0.385. The molecule has 0 bridgehead atoms. The summed E-state index contributed by atoms with van der Waals surface area (Å²) >= 11 is 0. The molecule has 1 atom stereocenters. The van der Waals surface area contributed by atoms with Crippen molar-refractivity contribution < 1.29 is 24.2 Å². The molecule has 6 nitrogen and oxygen atoms in total. The number of amides is 1. The molecule has 1 saturated heterocycles. The zero-order chi connectivity index (χ0) is 23.3. The molecule has 2 aromatic rings. The standard InChI is InChI=1S/C26H31NO5/c1-5-6-14-27-23(18-10-12-20(31-4)13-11-18)22(25(29)26(27)30)24(28)19-8-7-9-21(15-19)32-16-17(2)3/h7-13,15,17,23,28H,5-6,14,16H2,1-4H3/b24-22-. The molecule has 2 aromatic carbocycles. The molecular weight excluding hydrogens is 406 g/mol. The Morgan fingerprint density at radius 2 is 1.81 bits per heavy atom. The van der Waals surface area contributed by atoms with E-state index in [2.05, 4.69) is 13.8 Å². The van der Waals surface area contributed by atoms with Crippen LogP contribution in [0.3, 0.4) is 0 Å². The van der Waals surface area contributed by atoms with Crippen LogP contribution in [0.25, 0.3) is 5.76 Å². The highest BCUT2D eigenvalue weighted by molar-refractivity contribution is 6.46. The lowest BCUT2D eigenvalue weighted by Crippen LogP contribution is -2.30. The van der Waals surface area contributed by atoms with Gasteiger partial charge in [0.15, 0.2) is 0 Å². The molecule has 1 aliphatic rings. The van der Waals surface area contributed by atoms with Crippen LogP contribution in [0.5, 0.6) is 11.5 Å². The number of Topliss-reactive ketones (excluding diaryl/α,β-unsaturated/α-hetero) is 1. The summed E-state index contributed by atoms with van der Waals surface area (Å²) in [4.78, 5) is 27.5. The molecule has 1 unspecified atom stereocenters. The van der Waals surface area contributed by atoms with Crippen molar-refractivity contribution >= 4 is 17.4 Å². The van der Waals surface area contributed by atoms with E-state index in [1.54, 1.807) is 48.4 Å². The third-order valence-electron chi connectivity index (χ3n) is 5.41. The third kappa shape index (κ3) is 4.96. The van der Waals surface area contributed by atoms with Crippen LogP contribution in [0.15, 0.2) is 54.1 Å². The molecule has 3 rings (SSSR count). The van der Waals surface area contributed by atoms with Crippen LogP contribution >= 0.6 is 0 Å². The first-order valence-corrected chi connectivity index (χ1v) is 11.0. The van der Waals surface area contributed by atoms with Gasteiger partial charge in [-0.25, -0.2) is 0 Å². The summed E-state index contributed by atoms with van der Waals surface area (Å²) in [6, 6.07) is 13.5. The van der Waals surface area contributed by atoms with Crippen LogP contribution in [0.2, 0.25) is 0 Å². The first-order chi connectivity index (χ1) is 15.4. The first-order valence-electron chi connectivity index (χ1n) is 11.0. The lowest BCUT2D eigenvalue weighted by molar-refractivity contribution is -0.139. The van der Waals surface area contributed by atoms with Gasteiger partial charge in [0.05, 0.1) is 25.3 Å². The maximum atomic E-state index is 13.0. The van der Waals surface area contributed by atoms with Crippen molar-refractivity contribution in [2.45, 2.75) is 39.7 Å². The molecule has 0 aromatic heterocycles. The minimum atomic E-state index is -0.673. The summed E-state index contributed by atoms with van der Waals surface area (Å²) in [6.07, 6.45) is 1.64. The Balaban J connectivity index is 2.07.